The second kappa shape index (κ2) is 4.54. The Bertz CT molecular complexity index is 593. The minimum Gasteiger partial charge on any atom is -0.481 e. The van der Waals surface area contributed by atoms with Crippen LogP contribution in [0.25, 0.3) is 11.3 Å². The van der Waals surface area contributed by atoms with E-state index < -0.39 is 5.97 Å². The van der Waals surface area contributed by atoms with Crippen LogP contribution >= 0.6 is 0 Å². The van der Waals surface area contributed by atoms with Crippen molar-refractivity contribution in [1.29, 1.82) is 5.26 Å². The summed E-state index contributed by atoms with van der Waals surface area (Å²) < 4.78 is 5.39. The van der Waals surface area contributed by atoms with E-state index in [0.29, 0.717) is 17.1 Å². The molecule has 0 radical (unpaired) electrons. The Morgan fingerprint density at radius 1 is 1.35 bits per heavy atom. The molecule has 2 rings (SSSR count). The van der Waals surface area contributed by atoms with Gasteiger partial charge < -0.3 is 9.52 Å². The van der Waals surface area contributed by atoms with Gasteiger partial charge in [0, 0.05) is 5.56 Å². The first-order valence-corrected chi connectivity index (χ1v) is 5.00. The fraction of sp³-hybridized carbons (Fsp3) is 0.0769. The van der Waals surface area contributed by atoms with Gasteiger partial charge in [0.2, 0.25) is 0 Å². The van der Waals surface area contributed by atoms with Crippen LogP contribution in [-0.4, -0.2) is 11.1 Å². The van der Waals surface area contributed by atoms with Gasteiger partial charge in [0.1, 0.15) is 17.9 Å². The molecule has 2 aromatic rings. The third kappa shape index (κ3) is 2.52. The largest absolute Gasteiger partial charge is 0.481 e. The maximum atomic E-state index is 10.5. The average molecular weight is 227 g/mol. The van der Waals surface area contributed by atoms with E-state index in [4.69, 9.17) is 14.8 Å². The normalized spacial score (nSPS) is 9.82. The lowest BCUT2D eigenvalue weighted by molar-refractivity contribution is -0.136. The minimum absolute atomic E-state index is 0.141. The molecule has 0 unspecified atom stereocenters. The highest BCUT2D eigenvalue weighted by molar-refractivity contribution is 5.70. The summed E-state index contributed by atoms with van der Waals surface area (Å²) in [6, 6.07) is 12.3. The Kier molecular flexibility index (Phi) is 2.93. The molecular formula is C13H9NO3. The van der Waals surface area contributed by atoms with Crippen molar-refractivity contribution in [3.63, 3.8) is 0 Å². The minimum atomic E-state index is -0.934. The molecule has 0 bridgehead atoms. The second-order valence-corrected chi connectivity index (χ2v) is 3.53. The van der Waals surface area contributed by atoms with Gasteiger partial charge in [0.15, 0.2) is 0 Å². The van der Waals surface area contributed by atoms with E-state index in [9.17, 15) is 4.79 Å². The van der Waals surface area contributed by atoms with Crippen LogP contribution in [-0.2, 0) is 11.2 Å². The van der Waals surface area contributed by atoms with Gasteiger partial charge in [-0.25, -0.2) is 0 Å². The molecule has 4 nitrogen and oxygen atoms in total. The molecule has 17 heavy (non-hydrogen) atoms. The van der Waals surface area contributed by atoms with Crippen LogP contribution in [0.4, 0.5) is 0 Å². The summed E-state index contributed by atoms with van der Waals surface area (Å²) in [5.74, 6) is 0.0323. The van der Waals surface area contributed by atoms with Crippen LogP contribution in [0.5, 0.6) is 0 Å². The lowest BCUT2D eigenvalue weighted by Crippen LogP contribution is -1.97. The smallest absolute Gasteiger partial charge is 0.311 e. The van der Waals surface area contributed by atoms with Crippen LogP contribution in [0.1, 0.15) is 11.3 Å². The number of aliphatic carboxylic acids is 1. The van der Waals surface area contributed by atoms with E-state index >= 15 is 0 Å². The molecule has 0 aliphatic heterocycles. The van der Waals surface area contributed by atoms with E-state index in [-0.39, 0.29) is 6.42 Å². The molecule has 1 N–H and O–H groups in total. The zero-order valence-electron chi connectivity index (χ0n) is 8.88. The summed E-state index contributed by atoms with van der Waals surface area (Å²) in [6.45, 7) is 0. The summed E-state index contributed by atoms with van der Waals surface area (Å²) in [4.78, 5) is 10.5. The van der Waals surface area contributed by atoms with Crippen molar-refractivity contribution in [1.82, 2.24) is 0 Å². The Morgan fingerprint density at radius 3 is 2.88 bits per heavy atom. The molecule has 1 aromatic carbocycles. The zero-order chi connectivity index (χ0) is 12.3. The molecule has 84 valence electrons. The maximum absolute atomic E-state index is 10.5. The standard InChI is InChI=1S/C13H9NO3/c14-8-9-2-1-3-10(6-9)12-5-4-11(17-12)7-13(15)16/h1-6H,7H2,(H,15,16). The van der Waals surface area contributed by atoms with E-state index in [0.717, 1.165) is 5.56 Å². The first kappa shape index (κ1) is 11.0. The van der Waals surface area contributed by atoms with Gasteiger partial charge in [-0.05, 0) is 24.3 Å². The number of furan rings is 1. The Labute approximate surface area is 97.7 Å². The number of hydrogen-bond acceptors (Lipinski definition) is 3. The van der Waals surface area contributed by atoms with Crippen molar-refractivity contribution in [2.75, 3.05) is 0 Å². The summed E-state index contributed by atoms with van der Waals surface area (Å²) in [5, 5.41) is 17.4. The molecule has 0 spiro atoms. The number of hydrogen-bond donors (Lipinski definition) is 1. The average Bonchev–Trinajstić information content (AvgIpc) is 2.77. The van der Waals surface area contributed by atoms with Crippen LogP contribution in [0.3, 0.4) is 0 Å². The molecule has 0 aliphatic carbocycles. The van der Waals surface area contributed by atoms with Gasteiger partial charge in [-0.3, -0.25) is 4.79 Å². The van der Waals surface area contributed by atoms with Gasteiger partial charge >= 0.3 is 5.97 Å². The molecule has 1 aromatic heterocycles. The third-order valence-corrected chi connectivity index (χ3v) is 2.26. The molecule has 1 heterocycles. The highest BCUT2D eigenvalue weighted by atomic mass is 16.4. The molecule has 0 saturated heterocycles. The highest BCUT2D eigenvalue weighted by Crippen LogP contribution is 2.23. The van der Waals surface area contributed by atoms with E-state index in [1.165, 1.54) is 0 Å². The monoisotopic (exact) mass is 227 g/mol. The quantitative estimate of drug-likeness (QED) is 0.873. The number of carbonyl (C=O) groups is 1. The Hall–Kier alpha value is -2.54. The molecule has 4 heteroatoms. The van der Waals surface area contributed by atoms with E-state index in [1.54, 1.807) is 30.3 Å². The number of nitrogens with zero attached hydrogens (tertiary/aromatic N) is 1. The fourth-order valence-electron chi connectivity index (χ4n) is 1.52. The topological polar surface area (TPSA) is 74.2 Å². The van der Waals surface area contributed by atoms with E-state index in [2.05, 4.69) is 0 Å². The molecule has 0 amide bonds. The summed E-state index contributed by atoms with van der Waals surface area (Å²) >= 11 is 0. The second-order valence-electron chi connectivity index (χ2n) is 3.53. The number of nitriles is 1. The van der Waals surface area contributed by atoms with Gasteiger partial charge in [-0.15, -0.1) is 0 Å². The maximum Gasteiger partial charge on any atom is 0.311 e. The molecule has 0 atom stereocenters. The molecule has 0 saturated carbocycles. The lowest BCUT2D eigenvalue weighted by atomic mass is 10.1. The fourth-order valence-corrected chi connectivity index (χ4v) is 1.52. The number of rotatable bonds is 3. The van der Waals surface area contributed by atoms with Crippen LogP contribution in [0.15, 0.2) is 40.8 Å². The number of carboxylic acids is 1. The van der Waals surface area contributed by atoms with Crippen molar-refractivity contribution in [3.05, 3.63) is 47.7 Å². The Morgan fingerprint density at radius 2 is 2.18 bits per heavy atom. The molecule has 0 aliphatic rings. The van der Waals surface area contributed by atoms with Gasteiger partial charge in [-0.1, -0.05) is 12.1 Å². The van der Waals surface area contributed by atoms with Crippen molar-refractivity contribution in [3.8, 4) is 17.4 Å². The SMILES string of the molecule is N#Cc1cccc(-c2ccc(CC(=O)O)o2)c1. The highest BCUT2D eigenvalue weighted by Gasteiger charge is 2.08. The first-order valence-electron chi connectivity index (χ1n) is 5.00. The third-order valence-electron chi connectivity index (χ3n) is 2.26. The van der Waals surface area contributed by atoms with Crippen molar-refractivity contribution in [2.45, 2.75) is 6.42 Å². The van der Waals surface area contributed by atoms with Crippen molar-refractivity contribution < 1.29 is 14.3 Å². The van der Waals surface area contributed by atoms with Crippen LogP contribution in [0, 0.1) is 11.3 Å². The summed E-state index contributed by atoms with van der Waals surface area (Å²) in [5.41, 5.74) is 1.30. The number of carboxylic acid groups (broad SMARTS) is 1. The predicted molar refractivity (Wildman–Crippen MR) is 60.2 cm³/mol. The van der Waals surface area contributed by atoms with Crippen LogP contribution < -0.4 is 0 Å². The van der Waals surface area contributed by atoms with E-state index in [1.807, 2.05) is 12.1 Å². The van der Waals surface area contributed by atoms with Gasteiger partial charge in [0.05, 0.1) is 11.6 Å². The van der Waals surface area contributed by atoms with Crippen LogP contribution in [0.2, 0.25) is 0 Å². The van der Waals surface area contributed by atoms with Crippen molar-refractivity contribution >= 4 is 5.97 Å². The van der Waals surface area contributed by atoms with Gasteiger partial charge in [0.25, 0.3) is 0 Å². The Balaban J connectivity index is 2.30. The van der Waals surface area contributed by atoms with Crippen molar-refractivity contribution in [2.24, 2.45) is 0 Å². The predicted octanol–water partition coefficient (Wildman–Crippen LogP) is 2.45. The first-order chi connectivity index (χ1) is 8.19. The summed E-state index contributed by atoms with van der Waals surface area (Å²) in [6.07, 6.45) is -0.141. The zero-order valence-corrected chi connectivity index (χ0v) is 8.88. The molecule has 0 fully saturated rings. The summed E-state index contributed by atoms with van der Waals surface area (Å²) in [7, 11) is 0. The molecular weight excluding hydrogens is 218 g/mol. The lowest BCUT2D eigenvalue weighted by Gasteiger charge is -1.97. The van der Waals surface area contributed by atoms with Gasteiger partial charge in [-0.2, -0.15) is 5.26 Å². The number of benzene rings is 1.